The SMILES string of the molecule is CCCCCCCCCC(=O)Nc1ccc(C=C(C#N)C(=O)O)cc1. The summed E-state index contributed by atoms with van der Waals surface area (Å²) in [5, 5.41) is 20.4. The van der Waals surface area contributed by atoms with E-state index < -0.39 is 5.97 Å². The van der Waals surface area contributed by atoms with Crippen molar-refractivity contribution in [2.24, 2.45) is 0 Å². The molecule has 0 radical (unpaired) electrons. The number of benzene rings is 1. The zero-order chi connectivity index (χ0) is 18.5. The van der Waals surface area contributed by atoms with Crippen LogP contribution in [-0.2, 0) is 9.59 Å². The minimum Gasteiger partial charge on any atom is -0.477 e. The van der Waals surface area contributed by atoms with Gasteiger partial charge in [0.1, 0.15) is 11.6 Å². The summed E-state index contributed by atoms with van der Waals surface area (Å²) in [4.78, 5) is 22.7. The summed E-state index contributed by atoms with van der Waals surface area (Å²) in [5.74, 6) is -1.27. The molecule has 0 aliphatic heterocycles. The second-order valence-corrected chi connectivity index (χ2v) is 6.02. The molecule has 0 unspecified atom stereocenters. The van der Waals surface area contributed by atoms with E-state index in [4.69, 9.17) is 10.4 Å². The Balaban J connectivity index is 2.36. The number of unbranched alkanes of at least 4 members (excludes halogenated alkanes) is 6. The normalized spacial score (nSPS) is 11.0. The lowest BCUT2D eigenvalue weighted by molar-refractivity contribution is -0.132. The van der Waals surface area contributed by atoms with Crippen molar-refractivity contribution in [3.63, 3.8) is 0 Å². The van der Waals surface area contributed by atoms with Gasteiger partial charge in [-0.2, -0.15) is 5.26 Å². The molecule has 1 aromatic rings. The first-order valence-corrected chi connectivity index (χ1v) is 8.81. The molecule has 0 aromatic heterocycles. The topological polar surface area (TPSA) is 90.2 Å². The van der Waals surface area contributed by atoms with Gasteiger partial charge >= 0.3 is 5.97 Å². The van der Waals surface area contributed by atoms with E-state index in [2.05, 4.69) is 12.2 Å². The van der Waals surface area contributed by atoms with Crippen molar-refractivity contribution in [3.8, 4) is 6.07 Å². The van der Waals surface area contributed by atoms with Gasteiger partial charge in [-0.1, -0.05) is 57.6 Å². The molecule has 0 atom stereocenters. The van der Waals surface area contributed by atoms with Crippen LogP contribution in [-0.4, -0.2) is 17.0 Å². The number of nitrogens with one attached hydrogen (secondary N) is 1. The molecule has 1 amide bonds. The Morgan fingerprint density at radius 1 is 1.08 bits per heavy atom. The Labute approximate surface area is 149 Å². The second kappa shape index (κ2) is 11.9. The fourth-order valence-corrected chi connectivity index (χ4v) is 2.44. The van der Waals surface area contributed by atoms with E-state index in [0.29, 0.717) is 17.7 Å². The molecule has 0 heterocycles. The number of nitriles is 1. The molecule has 0 bridgehead atoms. The number of carboxylic acid groups (broad SMARTS) is 1. The Morgan fingerprint density at radius 3 is 2.24 bits per heavy atom. The van der Waals surface area contributed by atoms with Gasteiger partial charge in [-0.05, 0) is 30.2 Å². The van der Waals surface area contributed by atoms with Gasteiger partial charge in [0.2, 0.25) is 5.91 Å². The number of carbonyl (C=O) groups excluding carboxylic acids is 1. The lowest BCUT2D eigenvalue weighted by atomic mass is 10.1. The van der Waals surface area contributed by atoms with Crippen LogP contribution < -0.4 is 5.32 Å². The highest BCUT2D eigenvalue weighted by atomic mass is 16.4. The van der Waals surface area contributed by atoms with E-state index in [1.54, 1.807) is 30.3 Å². The molecule has 0 saturated carbocycles. The molecule has 5 heteroatoms. The average molecular weight is 342 g/mol. The van der Waals surface area contributed by atoms with E-state index in [-0.39, 0.29) is 11.5 Å². The molecule has 1 rings (SSSR count). The van der Waals surface area contributed by atoms with Crippen molar-refractivity contribution >= 4 is 23.6 Å². The van der Waals surface area contributed by atoms with Crippen LogP contribution in [0.15, 0.2) is 29.8 Å². The molecule has 0 aliphatic carbocycles. The van der Waals surface area contributed by atoms with E-state index in [0.717, 1.165) is 12.8 Å². The van der Waals surface area contributed by atoms with Crippen LogP contribution in [0.2, 0.25) is 0 Å². The molecule has 25 heavy (non-hydrogen) atoms. The highest BCUT2D eigenvalue weighted by molar-refractivity contribution is 5.96. The van der Waals surface area contributed by atoms with E-state index in [9.17, 15) is 9.59 Å². The maximum atomic E-state index is 11.9. The van der Waals surface area contributed by atoms with Crippen molar-refractivity contribution in [1.29, 1.82) is 5.26 Å². The van der Waals surface area contributed by atoms with Crippen LogP contribution in [0.1, 0.15) is 63.9 Å². The number of rotatable bonds is 11. The third-order valence-electron chi connectivity index (χ3n) is 3.86. The van der Waals surface area contributed by atoms with Crippen LogP contribution in [0.5, 0.6) is 0 Å². The summed E-state index contributed by atoms with van der Waals surface area (Å²) in [7, 11) is 0. The summed E-state index contributed by atoms with van der Waals surface area (Å²) >= 11 is 0. The fourth-order valence-electron chi connectivity index (χ4n) is 2.44. The standard InChI is InChI=1S/C20H26N2O3/c1-2-3-4-5-6-7-8-9-19(23)22-18-12-10-16(11-13-18)14-17(15-21)20(24)25/h10-14H,2-9H2,1H3,(H,22,23)(H,24,25). The van der Waals surface area contributed by atoms with E-state index >= 15 is 0 Å². The van der Waals surface area contributed by atoms with Crippen LogP contribution in [0.25, 0.3) is 6.08 Å². The molecule has 0 spiro atoms. The van der Waals surface area contributed by atoms with Crippen molar-refractivity contribution < 1.29 is 14.7 Å². The number of nitrogens with zero attached hydrogens (tertiary/aromatic N) is 1. The molecular weight excluding hydrogens is 316 g/mol. The van der Waals surface area contributed by atoms with Gasteiger partial charge in [0, 0.05) is 12.1 Å². The predicted octanol–water partition coefficient (Wildman–Crippen LogP) is 4.76. The zero-order valence-corrected chi connectivity index (χ0v) is 14.8. The van der Waals surface area contributed by atoms with Gasteiger partial charge in [0.25, 0.3) is 0 Å². The van der Waals surface area contributed by atoms with Gasteiger partial charge in [-0.15, -0.1) is 0 Å². The predicted molar refractivity (Wildman–Crippen MR) is 98.9 cm³/mol. The van der Waals surface area contributed by atoms with Crippen molar-refractivity contribution in [1.82, 2.24) is 0 Å². The second-order valence-electron chi connectivity index (χ2n) is 6.02. The van der Waals surface area contributed by atoms with Crippen molar-refractivity contribution in [2.45, 2.75) is 58.3 Å². The van der Waals surface area contributed by atoms with E-state index in [1.807, 2.05) is 0 Å². The average Bonchev–Trinajstić information content (AvgIpc) is 2.60. The molecule has 134 valence electrons. The first kappa shape index (κ1) is 20.4. The molecule has 0 fully saturated rings. The zero-order valence-electron chi connectivity index (χ0n) is 14.8. The maximum Gasteiger partial charge on any atom is 0.346 e. The minimum atomic E-state index is -1.26. The monoisotopic (exact) mass is 342 g/mol. The highest BCUT2D eigenvalue weighted by Gasteiger charge is 2.06. The van der Waals surface area contributed by atoms with Crippen molar-refractivity contribution in [3.05, 3.63) is 35.4 Å². The van der Waals surface area contributed by atoms with Gasteiger partial charge in [0.15, 0.2) is 0 Å². The molecule has 5 nitrogen and oxygen atoms in total. The van der Waals surface area contributed by atoms with Gasteiger partial charge in [-0.25, -0.2) is 4.79 Å². The largest absolute Gasteiger partial charge is 0.477 e. The number of hydrogen-bond donors (Lipinski definition) is 2. The summed E-state index contributed by atoms with van der Waals surface area (Å²) < 4.78 is 0. The summed E-state index contributed by atoms with van der Waals surface area (Å²) in [6, 6.07) is 8.37. The quantitative estimate of drug-likeness (QED) is 0.345. The first-order chi connectivity index (χ1) is 12.1. The molecular formula is C20H26N2O3. The third kappa shape index (κ3) is 8.71. The summed E-state index contributed by atoms with van der Waals surface area (Å²) in [5.41, 5.74) is 0.943. The first-order valence-electron chi connectivity index (χ1n) is 8.81. The van der Waals surface area contributed by atoms with Gasteiger partial charge in [-0.3, -0.25) is 4.79 Å². The maximum absolute atomic E-state index is 11.9. The number of carboxylic acids is 1. The Bertz CT molecular complexity index is 627. The summed E-state index contributed by atoms with van der Waals surface area (Å²) in [6.07, 6.45) is 10.00. The Hall–Kier alpha value is -2.61. The van der Waals surface area contributed by atoms with Crippen LogP contribution in [0.3, 0.4) is 0 Å². The van der Waals surface area contributed by atoms with E-state index in [1.165, 1.54) is 38.2 Å². The summed E-state index contributed by atoms with van der Waals surface area (Å²) in [6.45, 7) is 2.20. The van der Waals surface area contributed by atoms with Crippen LogP contribution in [0.4, 0.5) is 5.69 Å². The number of hydrogen-bond acceptors (Lipinski definition) is 3. The van der Waals surface area contributed by atoms with Gasteiger partial charge in [0.05, 0.1) is 0 Å². The lowest BCUT2D eigenvalue weighted by Gasteiger charge is -2.06. The van der Waals surface area contributed by atoms with Crippen molar-refractivity contribution in [2.75, 3.05) is 5.32 Å². The fraction of sp³-hybridized carbons (Fsp3) is 0.450. The van der Waals surface area contributed by atoms with Gasteiger partial charge < -0.3 is 10.4 Å². The molecule has 2 N–H and O–H groups in total. The number of aliphatic carboxylic acids is 1. The number of carbonyl (C=O) groups is 2. The number of amides is 1. The molecule has 1 aromatic carbocycles. The molecule has 0 saturated heterocycles. The Kier molecular flexibility index (Phi) is 9.69. The Morgan fingerprint density at radius 2 is 1.68 bits per heavy atom. The van der Waals surface area contributed by atoms with Crippen LogP contribution >= 0.6 is 0 Å². The highest BCUT2D eigenvalue weighted by Crippen LogP contribution is 2.14. The number of anilines is 1. The molecule has 0 aliphatic rings. The lowest BCUT2D eigenvalue weighted by Crippen LogP contribution is -2.10. The van der Waals surface area contributed by atoms with Crippen LogP contribution in [0, 0.1) is 11.3 Å². The smallest absolute Gasteiger partial charge is 0.346 e. The minimum absolute atomic E-state index is 0.0138. The third-order valence-corrected chi connectivity index (χ3v) is 3.86.